The van der Waals surface area contributed by atoms with Crippen LogP contribution in [0.1, 0.15) is 44.6 Å². The quantitative estimate of drug-likeness (QED) is 0.854. The van der Waals surface area contributed by atoms with Gasteiger partial charge in [0.05, 0.1) is 0 Å². The lowest BCUT2D eigenvalue weighted by atomic mass is 9.96. The van der Waals surface area contributed by atoms with Gasteiger partial charge in [0.1, 0.15) is 10.8 Å². The van der Waals surface area contributed by atoms with Crippen molar-refractivity contribution in [2.24, 2.45) is 5.73 Å². The molecule has 1 saturated heterocycles. The minimum atomic E-state index is -0.282. The maximum atomic E-state index is 13.4. The summed E-state index contributed by atoms with van der Waals surface area (Å²) in [5.74, 6) is -0.282. The maximum absolute atomic E-state index is 13.4. The molecule has 104 valence electrons. The van der Waals surface area contributed by atoms with Crippen LogP contribution in [0.25, 0.3) is 0 Å². The summed E-state index contributed by atoms with van der Waals surface area (Å²) in [7, 11) is 0. The molecule has 0 bridgehead atoms. The fourth-order valence-corrected chi connectivity index (χ4v) is 3.07. The van der Waals surface area contributed by atoms with Crippen molar-refractivity contribution in [2.45, 2.75) is 45.1 Å². The van der Waals surface area contributed by atoms with E-state index in [-0.39, 0.29) is 10.8 Å². The van der Waals surface area contributed by atoms with Gasteiger partial charge in [-0.15, -0.1) is 0 Å². The molecule has 2 nitrogen and oxygen atoms in total. The highest BCUT2D eigenvalue weighted by Crippen LogP contribution is 2.30. The summed E-state index contributed by atoms with van der Waals surface area (Å²) in [4.78, 5) is 2.64. The van der Waals surface area contributed by atoms with Crippen LogP contribution >= 0.6 is 12.2 Å². The molecular formula is C15H21FN2S. The van der Waals surface area contributed by atoms with E-state index < -0.39 is 0 Å². The number of hydrogen-bond donors (Lipinski definition) is 1. The summed E-state index contributed by atoms with van der Waals surface area (Å²) in [5.41, 5.74) is 7.41. The molecule has 19 heavy (non-hydrogen) atoms. The van der Waals surface area contributed by atoms with E-state index >= 15 is 0 Å². The number of halogens is 1. The second-order valence-corrected chi connectivity index (χ2v) is 5.60. The van der Waals surface area contributed by atoms with E-state index in [0.29, 0.717) is 11.6 Å². The van der Waals surface area contributed by atoms with Crippen LogP contribution in [0.3, 0.4) is 0 Å². The summed E-state index contributed by atoms with van der Waals surface area (Å²) in [5, 5.41) is 0. The summed E-state index contributed by atoms with van der Waals surface area (Å²) < 4.78 is 13.4. The minimum absolute atomic E-state index is 0.273. The van der Waals surface area contributed by atoms with Crippen LogP contribution in [0.4, 0.5) is 10.1 Å². The van der Waals surface area contributed by atoms with E-state index in [1.165, 1.54) is 31.4 Å². The molecule has 1 unspecified atom stereocenters. The Balaban J connectivity index is 2.35. The van der Waals surface area contributed by atoms with Gasteiger partial charge in [-0.3, -0.25) is 0 Å². The van der Waals surface area contributed by atoms with Crippen LogP contribution in [0, 0.1) is 5.82 Å². The number of nitrogens with zero attached hydrogens (tertiary/aromatic N) is 1. The Bertz CT molecular complexity index is 459. The standard InChI is InChI=1S/C15H21FN2S/c1-2-5-12-6-3-4-9-18(12)14-8-7-11(16)10-13(14)15(17)19/h7-8,10,12H,2-6,9H2,1H3,(H2,17,19). The molecule has 4 heteroatoms. The van der Waals surface area contributed by atoms with Crippen molar-refractivity contribution < 1.29 is 4.39 Å². The van der Waals surface area contributed by atoms with Gasteiger partial charge in [0.2, 0.25) is 0 Å². The molecule has 1 aliphatic rings. The number of piperidine rings is 1. The molecule has 1 aliphatic heterocycles. The molecule has 2 N–H and O–H groups in total. The predicted molar refractivity (Wildman–Crippen MR) is 82.2 cm³/mol. The van der Waals surface area contributed by atoms with Gasteiger partial charge in [0, 0.05) is 23.8 Å². The Hall–Kier alpha value is -1.16. The monoisotopic (exact) mass is 280 g/mol. The van der Waals surface area contributed by atoms with Crippen molar-refractivity contribution in [3.05, 3.63) is 29.6 Å². The zero-order chi connectivity index (χ0) is 13.8. The van der Waals surface area contributed by atoms with E-state index in [4.69, 9.17) is 18.0 Å². The van der Waals surface area contributed by atoms with Gasteiger partial charge in [-0.1, -0.05) is 25.6 Å². The Labute approximate surface area is 119 Å². The van der Waals surface area contributed by atoms with E-state index in [9.17, 15) is 4.39 Å². The summed E-state index contributed by atoms with van der Waals surface area (Å²) in [6.07, 6.45) is 5.96. The minimum Gasteiger partial charge on any atom is -0.389 e. The number of rotatable bonds is 4. The largest absolute Gasteiger partial charge is 0.389 e. The van der Waals surface area contributed by atoms with E-state index in [2.05, 4.69) is 11.8 Å². The second kappa shape index (κ2) is 6.33. The Morgan fingerprint density at radius 3 is 2.95 bits per heavy atom. The van der Waals surface area contributed by atoms with Gasteiger partial charge >= 0.3 is 0 Å². The molecule has 1 atom stereocenters. The van der Waals surface area contributed by atoms with E-state index in [1.807, 2.05) is 6.07 Å². The SMILES string of the molecule is CCCC1CCCCN1c1ccc(F)cc1C(N)=S. The molecule has 0 spiro atoms. The lowest BCUT2D eigenvalue weighted by Crippen LogP contribution is -2.40. The molecule has 0 aliphatic carbocycles. The number of anilines is 1. The fourth-order valence-electron chi connectivity index (χ4n) is 2.91. The highest BCUT2D eigenvalue weighted by Gasteiger charge is 2.24. The first-order valence-corrected chi connectivity index (χ1v) is 7.40. The molecule has 0 amide bonds. The highest BCUT2D eigenvalue weighted by atomic mass is 32.1. The fraction of sp³-hybridized carbons (Fsp3) is 0.533. The van der Waals surface area contributed by atoms with Crippen LogP contribution in [0.5, 0.6) is 0 Å². The molecule has 0 aromatic heterocycles. The average molecular weight is 280 g/mol. The van der Waals surface area contributed by atoms with Crippen molar-refractivity contribution in [1.29, 1.82) is 0 Å². The molecule has 0 radical (unpaired) electrons. The van der Waals surface area contributed by atoms with Crippen molar-refractivity contribution in [1.82, 2.24) is 0 Å². The Morgan fingerprint density at radius 2 is 2.26 bits per heavy atom. The number of hydrogen-bond acceptors (Lipinski definition) is 2. The Morgan fingerprint density at radius 1 is 1.47 bits per heavy atom. The van der Waals surface area contributed by atoms with Crippen molar-refractivity contribution in [2.75, 3.05) is 11.4 Å². The summed E-state index contributed by atoms with van der Waals surface area (Å²) in [6.45, 7) is 3.21. The zero-order valence-electron chi connectivity index (χ0n) is 11.4. The number of nitrogens with two attached hydrogens (primary N) is 1. The maximum Gasteiger partial charge on any atom is 0.124 e. The Kier molecular flexibility index (Phi) is 4.75. The van der Waals surface area contributed by atoms with Crippen molar-refractivity contribution in [3.8, 4) is 0 Å². The third-order valence-corrected chi connectivity index (χ3v) is 4.00. The molecule has 1 heterocycles. The van der Waals surface area contributed by atoms with Crippen molar-refractivity contribution in [3.63, 3.8) is 0 Å². The third-order valence-electron chi connectivity index (χ3n) is 3.78. The summed E-state index contributed by atoms with van der Waals surface area (Å²) in [6, 6.07) is 5.29. The first-order chi connectivity index (χ1) is 9.13. The number of thiocarbonyl (C=S) groups is 1. The normalized spacial score (nSPS) is 19.5. The molecule has 2 rings (SSSR count). The van der Waals surface area contributed by atoms with Crippen LogP contribution < -0.4 is 10.6 Å². The number of benzene rings is 1. The second-order valence-electron chi connectivity index (χ2n) is 5.16. The smallest absolute Gasteiger partial charge is 0.124 e. The van der Waals surface area contributed by atoms with Gasteiger partial charge in [-0.25, -0.2) is 4.39 Å². The molecule has 1 aromatic rings. The highest BCUT2D eigenvalue weighted by molar-refractivity contribution is 7.80. The predicted octanol–water partition coefficient (Wildman–Crippen LogP) is 3.62. The topological polar surface area (TPSA) is 29.3 Å². The van der Waals surface area contributed by atoms with Gasteiger partial charge in [0.25, 0.3) is 0 Å². The molecule has 1 aromatic carbocycles. The van der Waals surface area contributed by atoms with Crippen molar-refractivity contribution >= 4 is 22.9 Å². The van der Waals surface area contributed by atoms with Crippen LogP contribution in [-0.4, -0.2) is 17.6 Å². The first kappa shape index (κ1) is 14.3. The van der Waals surface area contributed by atoms with Gasteiger partial charge < -0.3 is 10.6 Å². The van der Waals surface area contributed by atoms with Gasteiger partial charge in [-0.05, 0) is 43.9 Å². The van der Waals surface area contributed by atoms with Gasteiger partial charge in [0.15, 0.2) is 0 Å². The van der Waals surface area contributed by atoms with Crippen LogP contribution in [-0.2, 0) is 0 Å². The molecule has 0 saturated carbocycles. The molecular weight excluding hydrogens is 259 g/mol. The third kappa shape index (κ3) is 3.24. The van der Waals surface area contributed by atoms with E-state index in [0.717, 1.165) is 25.1 Å². The lowest BCUT2D eigenvalue weighted by molar-refractivity contribution is 0.434. The average Bonchev–Trinajstić information content (AvgIpc) is 2.40. The first-order valence-electron chi connectivity index (χ1n) is 6.99. The lowest BCUT2D eigenvalue weighted by Gasteiger charge is -2.38. The summed E-state index contributed by atoms with van der Waals surface area (Å²) >= 11 is 5.07. The van der Waals surface area contributed by atoms with Gasteiger partial charge in [-0.2, -0.15) is 0 Å². The molecule has 1 fully saturated rings. The van der Waals surface area contributed by atoms with Crippen LogP contribution in [0.15, 0.2) is 18.2 Å². The van der Waals surface area contributed by atoms with E-state index in [1.54, 1.807) is 0 Å². The zero-order valence-corrected chi connectivity index (χ0v) is 12.2. The van der Waals surface area contributed by atoms with Crippen LogP contribution in [0.2, 0.25) is 0 Å².